The number of sulfone groups is 1. The van der Waals surface area contributed by atoms with E-state index in [0.29, 0.717) is 28.6 Å². The van der Waals surface area contributed by atoms with Gasteiger partial charge >= 0.3 is 13.1 Å². The predicted octanol–water partition coefficient (Wildman–Crippen LogP) is 1.37. The summed E-state index contributed by atoms with van der Waals surface area (Å²) in [7, 11) is -4.37. The van der Waals surface area contributed by atoms with E-state index in [1.807, 2.05) is 6.92 Å². The van der Waals surface area contributed by atoms with Gasteiger partial charge in [-0.05, 0) is 52.7 Å². The summed E-state index contributed by atoms with van der Waals surface area (Å²) in [5.41, 5.74) is 3.17. The van der Waals surface area contributed by atoms with Crippen LogP contribution in [-0.4, -0.2) is 44.7 Å². The first-order chi connectivity index (χ1) is 15.5. The van der Waals surface area contributed by atoms with Crippen LogP contribution in [0.3, 0.4) is 0 Å². The molecule has 1 heterocycles. The highest BCUT2D eigenvalue weighted by atomic mass is 32.2. The van der Waals surface area contributed by atoms with Crippen LogP contribution in [0.4, 0.5) is 0 Å². The van der Waals surface area contributed by atoms with Crippen molar-refractivity contribution in [1.29, 1.82) is 0 Å². The summed E-state index contributed by atoms with van der Waals surface area (Å²) in [4.78, 5) is 26.0. The lowest BCUT2D eigenvalue weighted by Gasteiger charge is -2.22. The van der Waals surface area contributed by atoms with Crippen molar-refractivity contribution in [2.75, 3.05) is 6.26 Å². The fourth-order valence-corrected chi connectivity index (χ4v) is 4.42. The second kappa shape index (κ2) is 10.1. The van der Waals surface area contributed by atoms with Crippen LogP contribution < -0.4 is 10.8 Å². The van der Waals surface area contributed by atoms with Gasteiger partial charge in [0.05, 0.1) is 11.5 Å². The van der Waals surface area contributed by atoms with Crippen molar-refractivity contribution in [3.05, 3.63) is 58.7 Å². The maximum atomic E-state index is 13.1. The van der Waals surface area contributed by atoms with Gasteiger partial charge < -0.3 is 19.7 Å². The standard InChI is InChI=1S/C23H28BNO7S/c1-5-18-19(11-8-16-13-32-24(28)20(16)18)22(26)25-21(14(2)3)23(27)31-12-15-6-9-17(10-7-15)33(4,29)30/h6-11,14,21,28H,5,12-13H2,1-4H3,(H,25,26)/t21-/m0/s1. The van der Waals surface area contributed by atoms with Crippen molar-refractivity contribution in [2.24, 2.45) is 5.92 Å². The van der Waals surface area contributed by atoms with Crippen LogP contribution in [0.5, 0.6) is 0 Å². The number of nitrogens with one attached hydrogen (secondary N) is 1. The molecular weight excluding hydrogens is 445 g/mol. The molecule has 176 valence electrons. The molecule has 1 aliphatic rings. The number of carbonyl (C=O) groups excluding carboxylic acids is 2. The maximum absolute atomic E-state index is 13.1. The maximum Gasteiger partial charge on any atom is 0.492 e. The molecule has 8 nitrogen and oxygen atoms in total. The molecule has 2 N–H and O–H groups in total. The van der Waals surface area contributed by atoms with Gasteiger partial charge in [-0.15, -0.1) is 0 Å². The van der Waals surface area contributed by atoms with Crippen LogP contribution >= 0.6 is 0 Å². The minimum Gasteiger partial charge on any atom is -0.459 e. The van der Waals surface area contributed by atoms with Crippen LogP contribution in [-0.2, 0) is 43.7 Å². The first-order valence-corrected chi connectivity index (χ1v) is 12.6. The monoisotopic (exact) mass is 473 g/mol. The van der Waals surface area contributed by atoms with E-state index >= 15 is 0 Å². The molecule has 0 spiro atoms. The smallest absolute Gasteiger partial charge is 0.459 e. The summed E-state index contributed by atoms with van der Waals surface area (Å²) in [6.07, 6.45) is 1.64. The van der Waals surface area contributed by atoms with Crippen molar-refractivity contribution in [1.82, 2.24) is 5.32 Å². The fraction of sp³-hybridized carbons (Fsp3) is 0.391. The molecule has 0 aromatic heterocycles. The molecule has 2 aromatic rings. The van der Waals surface area contributed by atoms with Gasteiger partial charge in [-0.25, -0.2) is 13.2 Å². The third kappa shape index (κ3) is 5.63. The first-order valence-electron chi connectivity index (χ1n) is 10.7. The number of amides is 1. The minimum absolute atomic E-state index is 0.0510. The number of esters is 1. The third-order valence-corrected chi connectivity index (χ3v) is 6.76. The van der Waals surface area contributed by atoms with Crippen LogP contribution in [0.1, 0.15) is 47.8 Å². The lowest BCUT2D eigenvalue weighted by molar-refractivity contribution is -0.148. The average Bonchev–Trinajstić information content (AvgIpc) is 3.15. The number of rotatable bonds is 8. The normalized spacial score (nSPS) is 14.2. The Morgan fingerprint density at radius 2 is 1.85 bits per heavy atom. The highest BCUT2D eigenvalue weighted by Gasteiger charge is 2.33. The summed E-state index contributed by atoms with van der Waals surface area (Å²) in [5, 5.41) is 12.9. The van der Waals surface area contributed by atoms with Crippen LogP contribution in [0.25, 0.3) is 0 Å². The molecule has 0 radical (unpaired) electrons. The molecule has 0 saturated heterocycles. The summed E-state index contributed by atoms with van der Waals surface area (Å²) in [6.45, 7) is 5.73. The topological polar surface area (TPSA) is 119 Å². The molecule has 0 bridgehead atoms. The molecule has 0 fully saturated rings. The minimum atomic E-state index is -3.31. The van der Waals surface area contributed by atoms with Gasteiger partial charge in [0.15, 0.2) is 9.84 Å². The Balaban J connectivity index is 1.71. The Labute approximate surface area is 194 Å². The number of benzene rings is 2. The summed E-state index contributed by atoms with van der Waals surface area (Å²) in [6, 6.07) is 8.63. The molecule has 2 aromatic carbocycles. The van der Waals surface area contributed by atoms with Gasteiger partial charge in [-0.2, -0.15) is 0 Å². The SMILES string of the molecule is CCc1c(C(=O)N[C@H](C(=O)OCc2ccc(S(C)(=O)=O)cc2)C(C)C)ccc2c1B(O)OC2. The van der Waals surface area contributed by atoms with E-state index in [4.69, 9.17) is 9.39 Å². The number of carbonyl (C=O) groups is 2. The fourth-order valence-electron chi connectivity index (χ4n) is 3.79. The molecule has 3 rings (SSSR count). The van der Waals surface area contributed by atoms with Crippen molar-refractivity contribution < 1.29 is 32.4 Å². The van der Waals surface area contributed by atoms with E-state index in [1.54, 1.807) is 38.1 Å². The first kappa shape index (κ1) is 24.9. The Kier molecular flexibility index (Phi) is 7.61. The lowest BCUT2D eigenvalue weighted by Crippen LogP contribution is -2.46. The zero-order valence-electron chi connectivity index (χ0n) is 19.1. The van der Waals surface area contributed by atoms with Crippen molar-refractivity contribution >= 4 is 34.3 Å². The van der Waals surface area contributed by atoms with E-state index in [1.165, 1.54) is 12.1 Å². The molecule has 1 atom stereocenters. The molecule has 0 unspecified atom stereocenters. The Hall–Kier alpha value is -2.69. The third-order valence-electron chi connectivity index (χ3n) is 5.63. The highest BCUT2D eigenvalue weighted by molar-refractivity contribution is 7.90. The second-order valence-electron chi connectivity index (χ2n) is 8.40. The molecular formula is C23H28BNO7S. The van der Waals surface area contributed by atoms with E-state index in [2.05, 4.69) is 5.32 Å². The lowest BCUT2D eigenvalue weighted by atomic mass is 9.74. The number of hydrogen-bond donors (Lipinski definition) is 2. The number of hydrogen-bond acceptors (Lipinski definition) is 7. The summed E-state index contributed by atoms with van der Waals surface area (Å²) < 4.78 is 33.8. The van der Waals surface area contributed by atoms with Gasteiger partial charge in [0.25, 0.3) is 5.91 Å². The molecule has 0 aliphatic carbocycles. The van der Waals surface area contributed by atoms with Gasteiger partial charge in [-0.1, -0.05) is 39.0 Å². The average molecular weight is 473 g/mol. The number of ether oxygens (including phenoxy) is 1. The van der Waals surface area contributed by atoms with E-state index in [0.717, 1.165) is 11.8 Å². The molecule has 1 aliphatic heterocycles. The van der Waals surface area contributed by atoms with Gasteiger partial charge in [0, 0.05) is 11.8 Å². The van der Waals surface area contributed by atoms with Crippen LogP contribution in [0, 0.1) is 5.92 Å². The van der Waals surface area contributed by atoms with E-state index in [9.17, 15) is 23.0 Å². The Morgan fingerprint density at radius 1 is 1.18 bits per heavy atom. The summed E-state index contributed by atoms with van der Waals surface area (Å²) >= 11 is 0. The van der Waals surface area contributed by atoms with Gasteiger partial charge in [0.1, 0.15) is 12.6 Å². The largest absolute Gasteiger partial charge is 0.492 e. The quantitative estimate of drug-likeness (QED) is 0.439. The van der Waals surface area contributed by atoms with Gasteiger partial charge in [0.2, 0.25) is 0 Å². The zero-order chi connectivity index (χ0) is 24.3. The van der Waals surface area contributed by atoms with Crippen molar-refractivity contribution in [3.63, 3.8) is 0 Å². The summed E-state index contributed by atoms with van der Waals surface area (Å²) in [5.74, 6) is -1.25. The van der Waals surface area contributed by atoms with E-state index < -0.39 is 34.9 Å². The molecule has 0 saturated carbocycles. The van der Waals surface area contributed by atoms with Gasteiger partial charge in [-0.3, -0.25) is 4.79 Å². The number of fused-ring (bicyclic) bond motifs is 1. The second-order valence-corrected chi connectivity index (χ2v) is 10.4. The highest BCUT2D eigenvalue weighted by Crippen LogP contribution is 2.19. The van der Waals surface area contributed by atoms with Crippen LogP contribution in [0.2, 0.25) is 0 Å². The zero-order valence-corrected chi connectivity index (χ0v) is 19.9. The van der Waals surface area contributed by atoms with E-state index in [-0.39, 0.29) is 24.0 Å². The molecule has 33 heavy (non-hydrogen) atoms. The van der Waals surface area contributed by atoms with Crippen molar-refractivity contribution in [2.45, 2.75) is 51.3 Å². The molecule has 1 amide bonds. The Morgan fingerprint density at radius 3 is 2.42 bits per heavy atom. The van der Waals surface area contributed by atoms with Crippen molar-refractivity contribution in [3.8, 4) is 0 Å². The van der Waals surface area contributed by atoms with Crippen LogP contribution in [0.15, 0.2) is 41.3 Å². The predicted molar refractivity (Wildman–Crippen MR) is 124 cm³/mol. The Bertz CT molecular complexity index is 1150. The molecule has 10 heteroatoms.